The lowest BCUT2D eigenvalue weighted by molar-refractivity contribution is -0.137. The van der Waals surface area contributed by atoms with E-state index in [1.54, 1.807) is 0 Å². The first-order chi connectivity index (χ1) is 25.5. The molecule has 1 N–H and O–H groups in total. The van der Waals surface area contributed by atoms with Crippen LogP contribution in [0.15, 0.2) is 36.4 Å². The summed E-state index contributed by atoms with van der Waals surface area (Å²) in [4.78, 5) is 10.6. The Balaban J connectivity index is 1.22. The molecule has 1 heterocycles. The van der Waals surface area contributed by atoms with E-state index < -0.39 is 13.6 Å². The van der Waals surface area contributed by atoms with Gasteiger partial charge in [-0.3, -0.25) is 4.79 Å². The lowest BCUT2D eigenvalue weighted by Gasteiger charge is -2.39. The molecule has 0 atom stereocenters. The summed E-state index contributed by atoms with van der Waals surface area (Å²) < 4.78 is 29.1. The molecular weight excluding hydrogens is 675 g/mol. The average molecular weight is 747 g/mol. The topological polar surface area (TPSA) is 72.8 Å². The van der Waals surface area contributed by atoms with E-state index in [0.717, 1.165) is 95.0 Å². The van der Waals surface area contributed by atoms with E-state index in [2.05, 4.69) is 64.1 Å². The molecule has 2 fully saturated rings. The van der Waals surface area contributed by atoms with Crippen LogP contribution in [-0.2, 0) is 26.6 Å². The van der Waals surface area contributed by atoms with Gasteiger partial charge in [0.05, 0.1) is 6.16 Å². The molecule has 2 aliphatic carbocycles. The average Bonchev–Trinajstić information content (AvgIpc) is 3.11. The first kappa shape index (κ1) is 41.6. The fraction of sp³-hybridized carbons (Fsp3) is 0.681. The normalized spacial score (nSPS) is 19.0. The number of hydrogen-bond donors (Lipinski definition) is 1. The van der Waals surface area contributed by atoms with Crippen molar-refractivity contribution in [3.05, 3.63) is 69.8 Å². The molecule has 1 aliphatic heterocycles. The highest BCUT2D eigenvalue weighted by Crippen LogP contribution is 2.58. The zero-order chi connectivity index (χ0) is 37.7. The standard InChI is InChI=1S/C47H71O5P/c1-37-32-39-36-40-33-38(2)35-42(47(4)29-23-19-24-30-47)45(40)52-53(50,51-44(39)41(34-37)46(3)27-21-18-22-28-46)31-25-17-15-13-11-9-7-5-6-8-10-12-14-16-20-26-43(48)49/h5-6,32-35H,7-31,36H2,1-4H3,(H,48,49)/b6-5-. The Hall–Kier alpha value is -2.52. The van der Waals surface area contributed by atoms with Gasteiger partial charge in [0.25, 0.3) is 0 Å². The van der Waals surface area contributed by atoms with Crippen LogP contribution in [0.4, 0.5) is 0 Å². The summed E-state index contributed by atoms with van der Waals surface area (Å²) >= 11 is 0. The van der Waals surface area contributed by atoms with Crippen molar-refractivity contribution in [3.8, 4) is 11.5 Å². The van der Waals surface area contributed by atoms with Gasteiger partial charge in [-0.1, -0.05) is 145 Å². The summed E-state index contributed by atoms with van der Waals surface area (Å²) in [6.07, 6.45) is 32.5. The predicted octanol–water partition coefficient (Wildman–Crippen LogP) is 14.4. The lowest BCUT2D eigenvalue weighted by Crippen LogP contribution is -2.28. The van der Waals surface area contributed by atoms with Gasteiger partial charge in [-0.15, -0.1) is 0 Å². The molecule has 0 aromatic heterocycles. The van der Waals surface area contributed by atoms with Gasteiger partial charge in [0.2, 0.25) is 0 Å². The van der Waals surface area contributed by atoms with Crippen LogP contribution < -0.4 is 9.05 Å². The smallest absolute Gasteiger partial charge is 0.430 e. The van der Waals surface area contributed by atoms with E-state index in [4.69, 9.17) is 14.2 Å². The van der Waals surface area contributed by atoms with Crippen molar-refractivity contribution in [2.75, 3.05) is 6.16 Å². The molecular formula is C47H71O5P. The lowest BCUT2D eigenvalue weighted by atomic mass is 9.69. The molecule has 2 aromatic carbocycles. The summed E-state index contributed by atoms with van der Waals surface area (Å²) in [7, 11) is -3.52. The molecule has 0 unspecified atom stereocenters. The van der Waals surface area contributed by atoms with Crippen LogP contribution in [0.1, 0.15) is 201 Å². The molecule has 6 heteroatoms. The number of carboxylic acid groups (broad SMARTS) is 1. The van der Waals surface area contributed by atoms with Gasteiger partial charge >= 0.3 is 13.6 Å². The van der Waals surface area contributed by atoms with Crippen molar-refractivity contribution in [1.29, 1.82) is 0 Å². The van der Waals surface area contributed by atoms with Gasteiger partial charge in [-0.25, -0.2) is 4.57 Å². The summed E-state index contributed by atoms with van der Waals surface area (Å²) in [5.41, 5.74) is 7.39. The van der Waals surface area contributed by atoms with E-state index in [1.807, 2.05) is 0 Å². The number of aliphatic carboxylic acids is 1. The van der Waals surface area contributed by atoms with Crippen molar-refractivity contribution >= 4 is 13.6 Å². The maximum atomic E-state index is 15.3. The minimum atomic E-state index is -3.52. The van der Waals surface area contributed by atoms with Crippen LogP contribution in [0.5, 0.6) is 11.5 Å². The molecule has 0 amide bonds. The Morgan fingerprint density at radius 1 is 0.642 bits per heavy atom. The predicted molar refractivity (Wildman–Crippen MR) is 221 cm³/mol. The minimum Gasteiger partial charge on any atom is -0.481 e. The molecule has 5 rings (SSSR count). The van der Waals surface area contributed by atoms with Crippen LogP contribution in [-0.4, -0.2) is 17.2 Å². The fourth-order valence-corrected chi connectivity index (χ4v) is 11.3. The van der Waals surface area contributed by atoms with Crippen LogP contribution in [0.2, 0.25) is 0 Å². The first-order valence-electron chi connectivity index (χ1n) is 21.6. The number of allylic oxidation sites excluding steroid dienone is 2. The van der Waals surface area contributed by atoms with Crippen molar-refractivity contribution in [2.45, 2.75) is 199 Å². The van der Waals surface area contributed by atoms with E-state index in [9.17, 15) is 4.79 Å². The SMILES string of the molecule is Cc1cc2c(c(C3(C)CCCCC3)c1)OP(=O)(CCCCCCCC/C=C\CCCCCCCC(=O)O)Oc1c(cc(C)cc1C1(C)CCCCC1)C2. The Bertz CT molecular complexity index is 1480. The number of carbonyl (C=O) groups is 1. The molecule has 0 spiro atoms. The zero-order valence-electron chi connectivity index (χ0n) is 33.9. The number of aryl methyl sites for hydroxylation is 2. The highest BCUT2D eigenvalue weighted by Gasteiger charge is 2.41. The van der Waals surface area contributed by atoms with Crippen LogP contribution >= 0.6 is 7.60 Å². The molecule has 0 radical (unpaired) electrons. The maximum Gasteiger partial charge on any atom is 0.430 e. The summed E-state index contributed by atoms with van der Waals surface area (Å²) in [5.74, 6) is 1.02. The number of benzene rings is 2. The maximum absolute atomic E-state index is 15.3. The molecule has 0 bridgehead atoms. The molecule has 53 heavy (non-hydrogen) atoms. The minimum absolute atomic E-state index is 0.0221. The molecule has 2 aromatic rings. The molecule has 0 saturated heterocycles. The first-order valence-corrected chi connectivity index (χ1v) is 23.4. The van der Waals surface area contributed by atoms with Gasteiger partial charge in [-0.05, 0) is 100 Å². The number of hydrogen-bond acceptors (Lipinski definition) is 4. The number of unbranched alkanes of at least 4 members (excludes halogenated alkanes) is 11. The Morgan fingerprint density at radius 3 is 1.51 bits per heavy atom. The molecule has 2 saturated carbocycles. The summed E-state index contributed by atoms with van der Waals surface area (Å²) in [6.45, 7) is 9.23. The van der Waals surface area contributed by atoms with Gasteiger partial charge in [0, 0.05) is 24.0 Å². The highest BCUT2D eigenvalue weighted by molar-refractivity contribution is 7.54. The zero-order valence-corrected chi connectivity index (χ0v) is 34.8. The third kappa shape index (κ3) is 12.0. The van der Waals surface area contributed by atoms with Crippen LogP contribution in [0.25, 0.3) is 0 Å². The van der Waals surface area contributed by atoms with Crippen molar-refractivity contribution in [3.63, 3.8) is 0 Å². The summed E-state index contributed by atoms with van der Waals surface area (Å²) in [5, 5.41) is 8.74. The molecule has 5 nitrogen and oxygen atoms in total. The van der Waals surface area contributed by atoms with Crippen molar-refractivity contribution < 1.29 is 23.5 Å². The summed E-state index contributed by atoms with van der Waals surface area (Å²) in [6, 6.07) is 9.23. The van der Waals surface area contributed by atoms with Gasteiger partial charge in [0.15, 0.2) is 0 Å². The number of carboxylic acids is 1. The quantitative estimate of drug-likeness (QED) is 0.0880. The Morgan fingerprint density at radius 2 is 1.06 bits per heavy atom. The molecule has 294 valence electrons. The van der Waals surface area contributed by atoms with Gasteiger partial charge in [0.1, 0.15) is 11.5 Å². The highest BCUT2D eigenvalue weighted by atomic mass is 31.2. The Kier molecular flexibility index (Phi) is 15.6. The second kappa shape index (κ2) is 19.9. The van der Waals surface area contributed by atoms with Crippen molar-refractivity contribution in [2.24, 2.45) is 0 Å². The van der Waals surface area contributed by atoms with E-state index in [-0.39, 0.29) is 10.8 Å². The monoisotopic (exact) mass is 747 g/mol. The van der Waals surface area contributed by atoms with Crippen LogP contribution in [0.3, 0.4) is 0 Å². The second-order valence-corrected chi connectivity index (χ2v) is 19.7. The Labute approximate surface area is 322 Å². The number of fused-ring (bicyclic) bond motifs is 2. The second-order valence-electron chi connectivity index (χ2n) is 17.6. The molecule has 3 aliphatic rings. The third-order valence-electron chi connectivity index (χ3n) is 12.7. The van der Waals surface area contributed by atoms with Crippen LogP contribution in [0, 0.1) is 13.8 Å². The fourth-order valence-electron chi connectivity index (χ4n) is 9.45. The van der Waals surface area contributed by atoms with Crippen molar-refractivity contribution in [1.82, 2.24) is 0 Å². The van der Waals surface area contributed by atoms with E-state index >= 15 is 4.57 Å². The number of rotatable bonds is 19. The van der Waals surface area contributed by atoms with Gasteiger partial charge < -0.3 is 14.2 Å². The van der Waals surface area contributed by atoms with E-state index in [1.165, 1.54) is 104 Å². The van der Waals surface area contributed by atoms with Gasteiger partial charge in [-0.2, -0.15) is 0 Å². The third-order valence-corrected chi connectivity index (χ3v) is 14.4. The largest absolute Gasteiger partial charge is 0.481 e. The van der Waals surface area contributed by atoms with E-state index in [0.29, 0.717) is 12.6 Å².